The zero-order valence-corrected chi connectivity index (χ0v) is 22.0. The summed E-state index contributed by atoms with van der Waals surface area (Å²) in [7, 11) is 3.62. The minimum Gasteiger partial charge on any atom is -0.314 e. The highest BCUT2D eigenvalue weighted by atomic mass is 31.1. The number of quaternary nitrogens is 1. The molecule has 0 bridgehead atoms. The van der Waals surface area contributed by atoms with Gasteiger partial charge in [-0.25, -0.2) is 9.13 Å². The average molecular weight is 443 g/mol. The fraction of sp³-hybridized carbons (Fsp3) is 0.923. The maximum atomic E-state index is 11.9. The Morgan fingerprint density at radius 3 is 1.40 bits per heavy atom. The maximum Gasteiger partial charge on any atom is 0.378 e. The summed E-state index contributed by atoms with van der Waals surface area (Å²) >= 11 is 0. The predicted molar refractivity (Wildman–Crippen MR) is 133 cm³/mol. The Labute approximate surface area is 189 Å². The van der Waals surface area contributed by atoms with Crippen molar-refractivity contribution in [1.82, 2.24) is 0 Å². The van der Waals surface area contributed by atoms with Crippen LogP contribution in [0.5, 0.6) is 0 Å². The number of hydrogen-bond acceptors (Lipinski definition) is 2. The Bertz CT molecular complexity index is 486. The summed E-state index contributed by atoms with van der Waals surface area (Å²) in [6, 6.07) is 0. The molecular formula is C26H53NO2P+. The van der Waals surface area contributed by atoms with Gasteiger partial charge in [-0.15, -0.1) is 0 Å². The van der Waals surface area contributed by atoms with E-state index in [1.807, 2.05) is 28.1 Å². The predicted octanol–water partition coefficient (Wildman–Crippen LogP) is 9.18. The van der Waals surface area contributed by atoms with E-state index in [0.717, 1.165) is 19.3 Å². The Balaban J connectivity index is 3.61. The van der Waals surface area contributed by atoms with Crippen LogP contribution >= 0.6 is 7.68 Å². The van der Waals surface area contributed by atoms with E-state index in [9.17, 15) is 9.13 Å². The second kappa shape index (κ2) is 18.2. The molecule has 0 aromatic heterocycles. The lowest BCUT2D eigenvalue weighted by atomic mass is 10.0. The lowest BCUT2D eigenvalue weighted by Gasteiger charge is -2.40. The van der Waals surface area contributed by atoms with Crippen LogP contribution in [-0.2, 0) is 9.13 Å². The number of unbranched alkanes of at least 4 members (excludes halogenated alkanes) is 14. The first-order valence-electron chi connectivity index (χ1n) is 12.9. The standard InChI is InChI=1S/C26H53NO2P/c1-6-8-9-10-11-12-13-14-15-16-17-18-19-20-21-22-23-24-25-26(7-2,30(28)29)27(3,4)5/h16-17H,6-15,18-25H2,1-5H3/q+1. The highest BCUT2D eigenvalue weighted by molar-refractivity contribution is 7.32. The zero-order chi connectivity index (χ0) is 22.7. The van der Waals surface area contributed by atoms with Crippen molar-refractivity contribution in [1.29, 1.82) is 0 Å². The molecule has 0 aromatic carbocycles. The first kappa shape index (κ1) is 29.6. The van der Waals surface area contributed by atoms with E-state index in [4.69, 9.17) is 0 Å². The largest absolute Gasteiger partial charge is 0.378 e. The minimum absolute atomic E-state index is 0.507. The second-order valence-corrected chi connectivity index (χ2v) is 11.3. The molecule has 1 atom stereocenters. The highest BCUT2D eigenvalue weighted by Gasteiger charge is 2.46. The van der Waals surface area contributed by atoms with E-state index in [0.29, 0.717) is 10.9 Å². The Hall–Kier alpha value is -0.400. The Kier molecular flexibility index (Phi) is 18.0. The summed E-state index contributed by atoms with van der Waals surface area (Å²) in [4.78, 5) is 0. The van der Waals surface area contributed by atoms with Gasteiger partial charge in [0.05, 0.1) is 21.1 Å². The minimum atomic E-state index is -2.42. The third-order valence-corrected chi connectivity index (χ3v) is 8.56. The smallest absolute Gasteiger partial charge is 0.314 e. The highest BCUT2D eigenvalue weighted by Crippen LogP contribution is 2.43. The Morgan fingerprint density at radius 2 is 1.03 bits per heavy atom. The van der Waals surface area contributed by atoms with Crippen molar-refractivity contribution >= 4 is 7.68 Å². The van der Waals surface area contributed by atoms with Gasteiger partial charge in [-0.2, -0.15) is 0 Å². The van der Waals surface area contributed by atoms with Crippen LogP contribution in [0.25, 0.3) is 0 Å². The molecule has 0 aliphatic heterocycles. The molecule has 0 aliphatic carbocycles. The molecule has 3 nitrogen and oxygen atoms in total. The number of nitrogens with zero attached hydrogens (tertiary/aromatic N) is 1. The molecular weight excluding hydrogens is 389 g/mol. The third kappa shape index (κ3) is 13.1. The van der Waals surface area contributed by atoms with Crippen LogP contribution in [0.15, 0.2) is 12.2 Å². The normalized spacial score (nSPS) is 14.3. The van der Waals surface area contributed by atoms with Crippen molar-refractivity contribution in [2.24, 2.45) is 0 Å². The third-order valence-electron chi connectivity index (χ3n) is 6.74. The van der Waals surface area contributed by atoms with Crippen LogP contribution in [0, 0.1) is 0 Å². The molecule has 0 aliphatic rings. The molecule has 1 unspecified atom stereocenters. The summed E-state index contributed by atoms with van der Waals surface area (Å²) < 4.78 is 24.4. The topological polar surface area (TPSA) is 34.1 Å². The van der Waals surface area contributed by atoms with Gasteiger partial charge in [0.25, 0.3) is 0 Å². The van der Waals surface area contributed by atoms with Crippen molar-refractivity contribution in [2.45, 2.75) is 135 Å². The fourth-order valence-corrected chi connectivity index (χ4v) is 5.55. The maximum absolute atomic E-state index is 11.9. The van der Waals surface area contributed by atoms with Crippen molar-refractivity contribution < 1.29 is 13.6 Å². The van der Waals surface area contributed by atoms with Gasteiger partial charge in [-0.05, 0) is 32.1 Å². The van der Waals surface area contributed by atoms with Crippen molar-refractivity contribution in [2.75, 3.05) is 21.1 Å². The van der Waals surface area contributed by atoms with E-state index in [1.54, 1.807) is 0 Å². The molecule has 0 heterocycles. The summed E-state index contributed by atoms with van der Waals surface area (Å²) in [5, 5.41) is -0.602. The van der Waals surface area contributed by atoms with E-state index < -0.39 is 13.0 Å². The summed E-state index contributed by atoms with van der Waals surface area (Å²) in [6.07, 6.45) is 27.2. The second-order valence-electron chi connectivity index (χ2n) is 10.0. The monoisotopic (exact) mass is 442 g/mol. The molecule has 0 saturated carbocycles. The van der Waals surface area contributed by atoms with E-state index in [1.165, 1.54) is 89.9 Å². The molecule has 178 valence electrons. The van der Waals surface area contributed by atoms with Crippen molar-refractivity contribution in [3.05, 3.63) is 12.2 Å². The van der Waals surface area contributed by atoms with E-state index in [-0.39, 0.29) is 0 Å². The molecule has 0 amide bonds. The lowest BCUT2D eigenvalue weighted by Crippen LogP contribution is -2.53. The molecule has 0 fully saturated rings. The van der Waals surface area contributed by atoms with Gasteiger partial charge in [0.1, 0.15) is 0 Å². The van der Waals surface area contributed by atoms with Crippen LogP contribution in [-0.4, -0.2) is 30.9 Å². The van der Waals surface area contributed by atoms with Gasteiger partial charge in [0, 0.05) is 12.8 Å². The quantitative estimate of drug-likeness (QED) is 0.0768. The number of hydrogen-bond donors (Lipinski definition) is 0. The SMILES string of the molecule is CCCCCCCCCCC=CCCCCCCCCC(CC)(P(=O)=O)[N+](C)(C)C. The van der Waals surface area contributed by atoms with Gasteiger partial charge in [0.15, 0.2) is 0 Å². The summed E-state index contributed by atoms with van der Waals surface area (Å²) in [6.45, 7) is 4.29. The van der Waals surface area contributed by atoms with Gasteiger partial charge in [0.2, 0.25) is 5.28 Å². The molecule has 0 aromatic rings. The van der Waals surface area contributed by atoms with Gasteiger partial charge >= 0.3 is 7.68 Å². The summed E-state index contributed by atoms with van der Waals surface area (Å²) in [5.74, 6) is 0. The fourth-order valence-electron chi connectivity index (χ4n) is 4.46. The van der Waals surface area contributed by atoms with Crippen LogP contribution in [0.3, 0.4) is 0 Å². The molecule has 4 heteroatoms. The first-order valence-corrected chi connectivity index (χ1v) is 14.1. The summed E-state index contributed by atoms with van der Waals surface area (Å²) in [5.41, 5.74) is 0. The molecule has 0 N–H and O–H groups in total. The van der Waals surface area contributed by atoms with E-state index in [2.05, 4.69) is 19.1 Å². The van der Waals surface area contributed by atoms with Crippen LogP contribution in [0.1, 0.15) is 129 Å². The first-order chi connectivity index (χ1) is 14.3. The van der Waals surface area contributed by atoms with Crippen LogP contribution in [0.2, 0.25) is 0 Å². The van der Waals surface area contributed by atoms with Crippen LogP contribution < -0.4 is 0 Å². The molecule has 0 spiro atoms. The number of allylic oxidation sites excluding steroid dienone is 2. The molecule has 0 rings (SSSR count). The van der Waals surface area contributed by atoms with Gasteiger partial charge in [-0.3, -0.25) is 0 Å². The molecule has 0 radical (unpaired) electrons. The van der Waals surface area contributed by atoms with Crippen molar-refractivity contribution in [3.8, 4) is 0 Å². The van der Waals surface area contributed by atoms with Gasteiger partial charge in [-0.1, -0.05) is 96.6 Å². The molecule has 0 saturated heterocycles. The average Bonchev–Trinajstić information content (AvgIpc) is 2.68. The van der Waals surface area contributed by atoms with Crippen LogP contribution in [0.4, 0.5) is 0 Å². The zero-order valence-electron chi connectivity index (χ0n) is 21.1. The molecule has 30 heavy (non-hydrogen) atoms. The lowest BCUT2D eigenvalue weighted by molar-refractivity contribution is -0.908. The Morgan fingerprint density at radius 1 is 0.633 bits per heavy atom. The van der Waals surface area contributed by atoms with Gasteiger partial charge < -0.3 is 4.48 Å². The van der Waals surface area contributed by atoms with E-state index >= 15 is 0 Å². The van der Waals surface area contributed by atoms with Crippen molar-refractivity contribution in [3.63, 3.8) is 0 Å². The number of rotatable bonds is 21.